The molecule has 4 aromatic rings. The smallest absolute Gasteiger partial charge is 0.254 e. The van der Waals surface area contributed by atoms with Crippen LogP contribution in [0.3, 0.4) is 0 Å². The highest BCUT2D eigenvalue weighted by molar-refractivity contribution is 5.99. The maximum Gasteiger partial charge on any atom is 0.254 e. The fourth-order valence-corrected chi connectivity index (χ4v) is 5.19. The van der Waals surface area contributed by atoms with Crippen LogP contribution < -0.4 is 10.6 Å². The lowest BCUT2D eigenvalue weighted by Crippen LogP contribution is -2.53. The molecule has 2 aromatic carbocycles. The van der Waals surface area contributed by atoms with Crippen LogP contribution in [-0.4, -0.2) is 61.6 Å². The summed E-state index contributed by atoms with van der Waals surface area (Å²) in [5.41, 5.74) is 4.45. The second-order valence-electron chi connectivity index (χ2n) is 12.5. The summed E-state index contributed by atoms with van der Waals surface area (Å²) in [6, 6.07) is 15.3. The fourth-order valence-electron chi connectivity index (χ4n) is 5.19. The minimum Gasteiger partial charge on any atom is -0.389 e. The van der Waals surface area contributed by atoms with E-state index in [1.807, 2.05) is 35.1 Å². The van der Waals surface area contributed by atoms with Gasteiger partial charge in [0.15, 0.2) is 0 Å². The topological polar surface area (TPSA) is 156 Å². The SMILES string of the molecule is CC(C)(C)CNc1c(C#N)cnc2c(C#N)cc(NC(c3cccc(C(=O)N4CC(O)C4)c3)c3cn(C4CC4)nn3)cc12. The van der Waals surface area contributed by atoms with Crippen molar-refractivity contribution >= 4 is 28.2 Å². The van der Waals surface area contributed by atoms with Crippen molar-refractivity contribution in [2.24, 2.45) is 5.41 Å². The van der Waals surface area contributed by atoms with Gasteiger partial charge in [0.1, 0.15) is 17.8 Å². The molecule has 11 heteroatoms. The van der Waals surface area contributed by atoms with Gasteiger partial charge in [0.05, 0.1) is 46.7 Å². The van der Waals surface area contributed by atoms with Gasteiger partial charge in [-0.15, -0.1) is 5.10 Å². The van der Waals surface area contributed by atoms with E-state index in [9.17, 15) is 20.4 Å². The average molecular weight is 576 g/mol. The number of nitriles is 2. The third-order valence-corrected chi connectivity index (χ3v) is 7.68. The summed E-state index contributed by atoms with van der Waals surface area (Å²) in [7, 11) is 0. The molecule has 0 spiro atoms. The zero-order valence-electron chi connectivity index (χ0n) is 24.4. The number of anilines is 2. The summed E-state index contributed by atoms with van der Waals surface area (Å²) in [6.07, 6.45) is 5.05. The molecule has 2 fully saturated rings. The highest BCUT2D eigenvalue weighted by Crippen LogP contribution is 2.37. The van der Waals surface area contributed by atoms with Gasteiger partial charge in [-0.25, -0.2) is 4.68 Å². The fraction of sp³-hybridized carbons (Fsp3) is 0.375. The van der Waals surface area contributed by atoms with Crippen LogP contribution in [0.25, 0.3) is 10.9 Å². The summed E-state index contributed by atoms with van der Waals surface area (Å²) >= 11 is 0. The van der Waals surface area contributed by atoms with Crippen molar-refractivity contribution in [2.75, 3.05) is 30.3 Å². The molecule has 0 radical (unpaired) electrons. The molecule has 2 aliphatic rings. The molecule has 1 saturated carbocycles. The van der Waals surface area contributed by atoms with Crippen LogP contribution in [0.1, 0.15) is 78.4 Å². The summed E-state index contributed by atoms with van der Waals surface area (Å²) in [4.78, 5) is 19.2. The Morgan fingerprint density at radius 3 is 2.58 bits per heavy atom. The molecular formula is C32H33N9O2. The number of aromatic nitrogens is 4. The average Bonchev–Trinajstić information content (AvgIpc) is 3.72. The first-order valence-corrected chi connectivity index (χ1v) is 14.4. The largest absolute Gasteiger partial charge is 0.389 e. The molecule has 3 heterocycles. The zero-order valence-corrected chi connectivity index (χ0v) is 24.4. The molecule has 1 saturated heterocycles. The number of aliphatic hydroxyl groups excluding tert-OH is 1. The number of rotatable bonds is 8. The number of likely N-dealkylation sites (tertiary alicyclic amines) is 1. The van der Waals surface area contributed by atoms with Gasteiger partial charge in [0.2, 0.25) is 0 Å². The quantitative estimate of drug-likeness (QED) is 0.277. The lowest BCUT2D eigenvalue weighted by atomic mass is 9.96. The van der Waals surface area contributed by atoms with E-state index in [0.29, 0.717) is 70.3 Å². The van der Waals surface area contributed by atoms with Crippen LogP contribution in [0.2, 0.25) is 0 Å². The van der Waals surface area contributed by atoms with E-state index >= 15 is 0 Å². The van der Waals surface area contributed by atoms with Crippen LogP contribution in [0, 0.1) is 28.1 Å². The highest BCUT2D eigenvalue weighted by Gasteiger charge is 2.31. The predicted octanol–water partition coefficient (Wildman–Crippen LogP) is 4.38. The number of pyridine rings is 1. The monoisotopic (exact) mass is 575 g/mol. The van der Waals surface area contributed by atoms with Crippen molar-refractivity contribution in [3.8, 4) is 12.1 Å². The zero-order chi connectivity index (χ0) is 30.3. The molecule has 218 valence electrons. The van der Waals surface area contributed by atoms with Crippen LogP contribution in [0.4, 0.5) is 11.4 Å². The van der Waals surface area contributed by atoms with Crippen LogP contribution in [0.5, 0.6) is 0 Å². The number of nitrogens with one attached hydrogen (secondary N) is 2. The van der Waals surface area contributed by atoms with Crippen molar-refractivity contribution in [3.63, 3.8) is 0 Å². The van der Waals surface area contributed by atoms with E-state index in [1.165, 1.54) is 6.20 Å². The van der Waals surface area contributed by atoms with E-state index in [0.717, 1.165) is 18.4 Å². The Morgan fingerprint density at radius 1 is 1.14 bits per heavy atom. The Bertz CT molecular complexity index is 1780. The number of carbonyl (C=O) groups excluding carboxylic acids is 1. The van der Waals surface area contributed by atoms with E-state index in [4.69, 9.17) is 0 Å². The van der Waals surface area contributed by atoms with Crippen molar-refractivity contribution < 1.29 is 9.90 Å². The molecule has 6 rings (SSSR count). The number of aliphatic hydroxyl groups is 1. The lowest BCUT2D eigenvalue weighted by molar-refractivity contribution is 0.00589. The molecule has 1 aliphatic carbocycles. The van der Waals surface area contributed by atoms with Crippen molar-refractivity contribution in [2.45, 2.75) is 51.8 Å². The third kappa shape index (κ3) is 5.85. The van der Waals surface area contributed by atoms with Crippen LogP contribution in [0.15, 0.2) is 48.8 Å². The Kier molecular flexibility index (Phi) is 7.20. The molecule has 11 nitrogen and oxygen atoms in total. The first kappa shape index (κ1) is 28.1. The Hall–Kier alpha value is -5.00. The molecule has 1 unspecified atom stereocenters. The normalized spacial score (nSPS) is 15.8. The molecule has 1 atom stereocenters. The second-order valence-corrected chi connectivity index (χ2v) is 12.5. The van der Waals surface area contributed by atoms with E-state index in [2.05, 4.69) is 58.8 Å². The van der Waals surface area contributed by atoms with Crippen molar-refractivity contribution in [1.82, 2.24) is 24.9 Å². The Labute approximate surface area is 249 Å². The third-order valence-electron chi connectivity index (χ3n) is 7.68. The van der Waals surface area contributed by atoms with Gasteiger partial charge in [-0.05, 0) is 48.1 Å². The minimum absolute atomic E-state index is 0.0503. The van der Waals surface area contributed by atoms with Gasteiger partial charge in [0.25, 0.3) is 5.91 Å². The van der Waals surface area contributed by atoms with Gasteiger partial charge in [-0.1, -0.05) is 38.1 Å². The molecule has 3 N–H and O–H groups in total. The Morgan fingerprint density at radius 2 is 1.91 bits per heavy atom. The van der Waals surface area contributed by atoms with Crippen molar-refractivity contribution in [1.29, 1.82) is 10.5 Å². The Balaban J connectivity index is 1.42. The number of hydrogen-bond acceptors (Lipinski definition) is 9. The van der Waals surface area contributed by atoms with Gasteiger partial charge >= 0.3 is 0 Å². The summed E-state index contributed by atoms with van der Waals surface area (Å²) in [6.45, 7) is 7.56. The molecule has 1 aliphatic heterocycles. The highest BCUT2D eigenvalue weighted by atomic mass is 16.3. The number of β-amino-alcohol motifs (C(OH)–C–C–N with tert-alkyl or cyclic N) is 1. The molecule has 2 aromatic heterocycles. The van der Waals surface area contributed by atoms with Gasteiger partial charge in [-0.2, -0.15) is 10.5 Å². The number of amides is 1. The number of benzene rings is 2. The molecule has 43 heavy (non-hydrogen) atoms. The van der Waals surface area contributed by atoms with Crippen LogP contribution in [-0.2, 0) is 0 Å². The standard InChI is InChI=1S/C32H33N9O2/c1-32(2,3)18-36-29-22(13-34)14-35-28-21(12-33)10-23(11-26(28)29)37-30(27-17-41(39-38-27)24-7-8-24)19-5-4-6-20(9-19)31(43)40-15-25(42)16-40/h4-6,9-11,14,17,24-25,30,37,42H,7-8,15-16,18H2,1-3H3,(H,35,36). The summed E-state index contributed by atoms with van der Waals surface area (Å²) in [5, 5.41) is 46.1. The summed E-state index contributed by atoms with van der Waals surface area (Å²) < 4.78 is 1.87. The van der Waals surface area contributed by atoms with Gasteiger partial charge in [0, 0.05) is 42.5 Å². The maximum atomic E-state index is 13.1. The number of hydrogen-bond donors (Lipinski definition) is 3. The van der Waals surface area contributed by atoms with Gasteiger partial charge < -0.3 is 20.6 Å². The number of nitrogens with zero attached hydrogens (tertiary/aromatic N) is 7. The minimum atomic E-state index is -0.496. The van der Waals surface area contributed by atoms with E-state index < -0.39 is 12.1 Å². The first-order chi connectivity index (χ1) is 20.6. The maximum absolute atomic E-state index is 13.1. The predicted molar refractivity (Wildman–Crippen MR) is 161 cm³/mol. The summed E-state index contributed by atoms with van der Waals surface area (Å²) in [5.74, 6) is -0.144. The van der Waals surface area contributed by atoms with Crippen LogP contribution >= 0.6 is 0 Å². The second kappa shape index (κ2) is 11.0. The van der Waals surface area contributed by atoms with Crippen molar-refractivity contribution in [3.05, 3.63) is 76.7 Å². The molecule has 0 bridgehead atoms. The number of carbonyl (C=O) groups is 1. The van der Waals surface area contributed by atoms with Gasteiger partial charge in [-0.3, -0.25) is 9.78 Å². The molecule has 1 amide bonds. The molecular weight excluding hydrogens is 542 g/mol. The lowest BCUT2D eigenvalue weighted by Gasteiger charge is -2.36. The number of fused-ring (bicyclic) bond motifs is 1. The van der Waals surface area contributed by atoms with E-state index in [-0.39, 0.29) is 11.3 Å². The first-order valence-electron chi connectivity index (χ1n) is 14.4. The van der Waals surface area contributed by atoms with E-state index in [1.54, 1.807) is 17.0 Å².